The minimum atomic E-state index is -3.58. The van der Waals surface area contributed by atoms with Gasteiger partial charge in [-0.25, -0.2) is 26.3 Å². The zero-order valence-corrected chi connectivity index (χ0v) is 21.4. The molecule has 0 heterocycles. The minimum Gasteiger partial charge on any atom is -0.326 e. The van der Waals surface area contributed by atoms with E-state index in [4.69, 9.17) is 0 Å². The van der Waals surface area contributed by atoms with Crippen molar-refractivity contribution >= 4 is 31.6 Å². The number of nitrogens with one attached hydrogen (secondary N) is 3. The second-order valence-electron chi connectivity index (χ2n) is 10.3. The Morgan fingerprint density at radius 1 is 0.788 bits per heavy atom. The third kappa shape index (κ3) is 7.00. The minimum absolute atomic E-state index is 0.00821. The monoisotopic (exact) mass is 499 g/mol. The molecule has 0 spiro atoms. The average Bonchev–Trinajstić information content (AvgIpc) is 2.74. The van der Waals surface area contributed by atoms with Crippen LogP contribution in [-0.2, 0) is 24.8 Å². The Balaban J connectivity index is 1.51. The van der Waals surface area contributed by atoms with Crippen molar-refractivity contribution in [3.8, 4) is 0 Å². The van der Waals surface area contributed by atoms with Crippen molar-refractivity contribution in [3.05, 3.63) is 24.3 Å². The lowest BCUT2D eigenvalue weighted by atomic mass is 9.86. The lowest BCUT2D eigenvalue weighted by Gasteiger charge is -2.30. The summed E-state index contributed by atoms with van der Waals surface area (Å²) < 4.78 is 54.6. The van der Waals surface area contributed by atoms with Gasteiger partial charge in [-0.2, -0.15) is 0 Å². The number of rotatable bonds is 7. The van der Waals surface area contributed by atoms with E-state index in [-0.39, 0.29) is 28.8 Å². The fraction of sp³-hybridized carbons (Fsp3) is 0.696. The first-order chi connectivity index (χ1) is 15.4. The fourth-order valence-electron chi connectivity index (χ4n) is 4.34. The molecule has 0 radical (unpaired) electrons. The highest BCUT2D eigenvalue weighted by Gasteiger charge is 2.34. The molecule has 10 heteroatoms. The number of carbonyl (C=O) groups is 1. The number of amides is 1. The van der Waals surface area contributed by atoms with Crippen molar-refractivity contribution in [1.29, 1.82) is 0 Å². The molecule has 8 nitrogen and oxygen atoms in total. The maximum absolute atomic E-state index is 12.7. The van der Waals surface area contributed by atoms with Crippen molar-refractivity contribution in [2.75, 3.05) is 5.32 Å². The van der Waals surface area contributed by atoms with Crippen LogP contribution < -0.4 is 14.8 Å². The van der Waals surface area contributed by atoms with Crippen LogP contribution in [0.15, 0.2) is 29.2 Å². The standard InChI is InChI=1S/C23H37N3O5S2/c1-23(2,3)33(30,31)26-20-11-9-17(10-12-20)22(27)24-18-13-15-21(16-14-18)32(28,29)25-19-7-5-4-6-8-19/h13-17,19-20,25-26H,4-12H2,1-3H3,(H,24,27). The van der Waals surface area contributed by atoms with Gasteiger partial charge in [-0.1, -0.05) is 19.3 Å². The van der Waals surface area contributed by atoms with E-state index >= 15 is 0 Å². The van der Waals surface area contributed by atoms with Crippen LogP contribution >= 0.6 is 0 Å². The SMILES string of the molecule is CC(C)(C)S(=O)(=O)NC1CCC(C(=O)Nc2ccc(S(=O)(=O)NC3CCCCC3)cc2)CC1. The number of hydrogen-bond donors (Lipinski definition) is 3. The molecule has 1 aromatic rings. The van der Waals surface area contributed by atoms with Gasteiger partial charge in [0.05, 0.1) is 9.64 Å². The quantitative estimate of drug-likeness (QED) is 0.530. The molecule has 2 fully saturated rings. The summed E-state index contributed by atoms with van der Waals surface area (Å²) in [6.07, 6.45) is 7.39. The number of anilines is 1. The highest BCUT2D eigenvalue weighted by molar-refractivity contribution is 7.90. The second-order valence-corrected chi connectivity index (χ2v) is 14.4. The normalized spacial score (nSPS) is 23.2. The van der Waals surface area contributed by atoms with Crippen LogP contribution in [0.25, 0.3) is 0 Å². The van der Waals surface area contributed by atoms with Gasteiger partial charge < -0.3 is 5.32 Å². The van der Waals surface area contributed by atoms with E-state index in [1.165, 1.54) is 12.1 Å². The summed E-state index contributed by atoms with van der Waals surface area (Å²) >= 11 is 0. The Morgan fingerprint density at radius 3 is 1.88 bits per heavy atom. The third-order valence-corrected chi connectivity index (χ3v) is 10.4. The molecule has 2 saturated carbocycles. The smallest absolute Gasteiger partial charge is 0.240 e. The fourth-order valence-corrected chi connectivity index (χ4v) is 6.67. The zero-order valence-electron chi connectivity index (χ0n) is 19.8. The molecular formula is C23H37N3O5S2. The van der Waals surface area contributed by atoms with E-state index in [0.717, 1.165) is 32.1 Å². The van der Waals surface area contributed by atoms with Crippen molar-refractivity contribution in [2.24, 2.45) is 5.92 Å². The lowest BCUT2D eigenvalue weighted by Crippen LogP contribution is -2.46. The third-order valence-electron chi connectivity index (χ3n) is 6.59. The molecule has 3 N–H and O–H groups in total. The van der Waals surface area contributed by atoms with Crippen LogP contribution in [0.5, 0.6) is 0 Å². The predicted octanol–water partition coefficient (Wildman–Crippen LogP) is 3.51. The predicted molar refractivity (Wildman–Crippen MR) is 130 cm³/mol. The van der Waals surface area contributed by atoms with Crippen molar-refractivity contribution in [2.45, 2.75) is 100 Å². The summed E-state index contributed by atoms with van der Waals surface area (Å²) in [4.78, 5) is 12.9. The Labute approximate surface area is 198 Å². The van der Waals surface area contributed by atoms with Gasteiger partial charge in [-0.05, 0) is 83.6 Å². The zero-order chi connectivity index (χ0) is 24.3. The number of sulfonamides is 2. The molecule has 0 bridgehead atoms. The van der Waals surface area contributed by atoms with Crippen LogP contribution in [0, 0.1) is 5.92 Å². The number of hydrogen-bond acceptors (Lipinski definition) is 5. The molecule has 186 valence electrons. The number of carbonyl (C=O) groups excluding carboxylic acids is 1. The molecular weight excluding hydrogens is 462 g/mol. The molecule has 0 unspecified atom stereocenters. The van der Waals surface area contributed by atoms with Crippen LogP contribution in [0.4, 0.5) is 5.69 Å². The van der Waals surface area contributed by atoms with Gasteiger partial charge in [0.15, 0.2) is 0 Å². The van der Waals surface area contributed by atoms with E-state index in [2.05, 4.69) is 14.8 Å². The molecule has 0 atom stereocenters. The van der Waals surface area contributed by atoms with E-state index in [9.17, 15) is 21.6 Å². The van der Waals surface area contributed by atoms with Crippen molar-refractivity contribution in [3.63, 3.8) is 0 Å². The molecule has 33 heavy (non-hydrogen) atoms. The van der Waals surface area contributed by atoms with Crippen molar-refractivity contribution < 1.29 is 21.6 Å². The number of benzene rings is 1. The van der Waals surface area contributed by atoms with E-state index < -0.39 is 24.8 Å². The first-order valence-electron chi connectivity index (χ1n) is 11.8. The van der Waals surface area contributed by atoms with Crippen LogP contribution in [-0.4, -0.2) is 39.6 Å². The Bertz CT molecular complexity index is 1020. The highest BCUT2D eigenvalue weighted by Crippen LogP contribution is 2.28. The van der Waals surface area contributed by atoms with Gasteiger partial charge >= 0.3 is 0 Å². The first kappa shape index (κ1) is 26.1. The first-order valence-corrected chi connectivity index (χ1v) is 14.8. The van der Waals surface area contributed by atoms with E-state index in [0.29, 0.717) is 31.4 Å². The Kier molecular flexibility index (Phi) is 8.24. The maximum atomic E-state index is 12.7. The van der Waals surface area contributed by atoms with E-state index in [1.54, 1.807) is 32.9 Å². The largest absolute Gasteiger partial charge is 0.326 e. The van der Waals surface area contributed by atoms with Crippen LogP contribution in [0.2, 0.25) is 0 Å². The van der Waals surface area contributed by atoms with Gasteiger partial charge in [0.1, 0.15) is 0 Å². The van der Waals surface area contributed by atoms with Crippen LogP contribution in [0.3, 0.4) is 0 Å². The van der Waals surface area contributed by atoms with Gasteiger partial charge in [-0.3, -0.25) is 4.79 Å². The molecule has 0 aliphatic heterocycles. The van der Waals surface area contributed by atoms with Crippen molar-refractivity contribution in [1.82, 2.24) is 9.44 Å². The average molecular weight is 500 g/mol. The summed E-state index contributed by atoms with van der Waals surface area (Å²) in [6.45, 7) is 4.99. The molecule has 2 aliphatic carbocycles. The molecule has 0 aromatic heterocycles. The van der Waals surface area contributed by atoms with Gasteiger partial charge in [-0.15, -0.1) is 0 Å². The maximum Gasteiger partial charge on any atom is 0.240 e. The lowest BCUT2D eigenvalue weighted by molar-refractivity contribution is -0.120. The summed E-state index contributed by atoms with van der Waals surface area (Å²) in [5.74, 6) is -0.320. The summed E-state index contributed by atoms with van der Waals surface area (Å²) in [5.41, 5.74) is 0.548. The molecule has 1 amide bonds. The Morgan fingerprint density at radius 2 is 1.33 bits per heavy atom. The summed E-state index contributed by atoms with van der Waals surface area (Å²) in [6, 6.07) is 6.08. The Hall–Kier alpha value is -1.49. The molecule has 3 rings (SSSR count). The summed E-state index contributed by atoms with van der Waals surface area (Å²) in [5, 5.41) is 2.87. The second kappa shape index (κ2) is 10.4. The highest BCUT2D eigenvalue weighted by atomic mass is 32.2. The van der Waals surface area contributed by atoms with E-state index in [1.807, 2.05) is 0 Å². The molecule has 0 saturated heterocycles. The van der Waals surface area contributed by atoms with Gasteiger partial charge in [0.25, 0.3) is 0 Å². The molecule has 2 aliphatic rings. The van der Waals surface area contributed by atoms with Gasteiger partial charge in [0, 0.05) is 23.7 Å². The topological polar surface area (TPSA) is 121 Å². The van der Waals surface area contributed by atoms with Gasteiger partial charge in [0.2, 0.25) is 26.0 Å². The van der Waals surface area contributed by atoms with Crippen LogP contribution in [0.1, 0.15) is 78.6 Å². The molecule has 1 aromatic carbocycles. The summed E-state index contributed by atoms with van der Waals surface area (Å²) in [7, 11) is -6.99.